The van der Waals surface area contributed by atoms with Gasteiger partial charge in [-0.1, -0.05) is 42.5 Å². The van der Waals surface area contributed by atoms with Gasteiger partial charge in [-0.25, -0.2) is 4.98 Å². The van der Waals surface area contributed by atoms with Gasteiger partial charge in [0.1, 0.15) is 0 Å². The van der Waals surface area contributed by atoms with E-state index >= 15 is 0 Å². The summed E-state index contributed by atoms with van der Waals surface area (Å²) in [6.07, 6.45) is 0. The first-order valence-corrected chi connectivity index (χ1v) is 8.39. The SMILES string of the molecule is C=C(C)CN(CC)CC(=O)N(CC)c1nc2ccccc2s1. The van der Waals surface area contributed by atoms with Gasteiger partial charge in [0, 0.05) is 13.1 Å². The van der Waals surface area contributed by atoms with Crippen LogP contribution >= 0.6 is 11.3 Å². The van der Waals surface area contributed by atoms with Crippen LogP contribution in [0.15, 0.2) is 36.4 Å². The van der Waals surface area contributed by atoms with Crippen molar-refractivity contribution < 1.29 is 4.79 Å². The predicted molar refractivity (Wildman–Crippen MR) is 94.6 cm³/mol. The number of thiazole rings is 1. The molecule has 1 heterocycles. The third kappa shape index (κ3) is 3.93. The van der Waals surface area contributed by atoms with Crippen molar-refractivity contribution in [2.45, 2.75) is 20.8 Å². The lowest BCUT2D eigenvalue weighted by atomic mass is 10.3. The monoisotopic (exact) mass is 317 g/mol. The predicted octanol–water partition coefficient (Wildman–Crippen LogP) is 3.55. The molecule has 22 heavy (non-hydrogen) atoms. The molecule has 0 unspecified atom stereocenters. The molecule has 0 radical (unpaired) electrons. The molecule has 0 N–H and O–H groups in total. The third-order valence-corrected chi connectivity index (χ3v) is 4.49. The zero-order valence-electron chi connectivity index (χ0n) is 13.5. The molecule has 1 amide bonds. The van der Waals surface area contributed by atoms with Crippen molar-refractivity contribution >= 4 is 32.6 Å². The van der Waals surface area contributed by atoms with Gasteiger partial charge >= 0.3 is 0 Å². The molecule has 0 bridgehead atoms. The minimum absolute atomic E-state index is 0.0876. The first-order valence-electron chi connectivity index (χ1n) is 7.57. The molecule has 2 aromatic rings. The Labute approximate surface area is 136 Å². The number of amides is 1. The van der Waals surface area contributed by atoms with E-state index in [-0.39, 0.29) is 5.91 Å². The first kappa shape index (κ1) is 16.6. The Hall–Kier alpha value is -1.72. The molecule has 0 saturated heterocycles. The molecule has 1 aromatic carbocycles. The summed E-state index contributed by atoms with van der Waals surface area (Å²) in [6.45, 7) is 12.6. The Bertz CT molecular complexity index is 632. The molecule has 0 atom stereocenters. The van der Waals surface area contributed by atoms with E-state index in [4.69, 9.17) is 0 Å². The molecule has 0 saturated carbocycles. The van der Waals surface area contributed by atoms with E-state index in [0.29, 0.717) is 13.1 Å². The number of nitrogens with zero attached hydrogens (tertiary/aromatic N) is 3. The summed E-state index contributed by atoms with van der Waals surface area (Å²) >= 11 is 1.56. The molecule has 0 fully saturated rings. The number of anilines is 1. The maximum absolute atomic E-state index is 12.6. The molecule has 0 spiro atoms. The number of benzene rings is 1. The highest BCUT2D eigenvalue weighted by Gasteiger charge is 2.20. The van der Waals surface area contributed by atoms with Crippen molar-refractivity contribution in [1.82, 2.24) is 9.88 Å². The molecule has 1 aromatic heterocycles. The molecular formula is C17H23N3OS. The van der Waals surface area contributed by atoms with E-state index < -0.39 is 0 Å². The topological polar surface area (TPSA) is 36.4 Å². The van der Waals surface area contributed by atoms with Crippen LogP contribution in [0.2, 0.25) is 0 Å². The number of aromatic nitrogens is 1. The lowest BCUT2D eigenvalue weighted by Crippen LogP contribution is -2.40. The number of hydrogen-bond donors (Lipinski definition) is 0. The van der Waals surface area contributed by atoms with Crippen LogP contribution in [0.3, 0.4) is 0 Å². The van der Waals surface area contributed by atoms with Crippen molar-refractivity contribution in [2.75, 3.05) is 31.1 Å². The van der Waals surface area contributed by atoms with Crippen molar-refractivity contribution in [1.29, 1.82) is 0 Å². The standard InChI is InChI=1S/C17H23N3OS/c1-5-19(11-13(3)4)12-16(21)20(6-2)17-18-14-9-7-8-10-15(14)22-17/h7-10H,3,5-6,11-12H2,1-2,4H3. The van der Waals surface area contributed by atoms with Crippen LogP contribution < -0.4 is 4.90 Å². The van der Waals surface area contributed by atoms with Gasteiger partial charge in [0.2, 0.25) is 5.91 Å². The number of likely N-dealkylation sites (N-methyl/N-ethyl adjacent to an activating group) is 2. The fraction of sp³-hybridized carbons (Fsp3) is 0.412. The van der Waals surface area contributed by atoms with Gasteiger partial charge in [0.05, 0.1) is 16.8 Å². The summed E-state index contributed by atoms with van der Waals surface area (Å²) in [5.74, 6) is 0.0876. The molecule has 0 aliphatic carbocycles. The summed E-state index contributed by atoms with van der Waals surface area (Å²) in [5.41, 5.74) is 2.01. The summed E-state index contributed by atoms with van der Waals surface area (Å²) < 4.78 is 1.11. The number of para-hydroxylation sites is 1. The summed E-state index contributed by atoms with van der Waals surface area (Å²) in [6, 6.07) is 7.98. The summed E-state index contributed by atoms with van der Waals surface area (Å²) in [5, 5.41) is 0.778. The van der Waals surface area contributed by atoms with Gasteiger partial charge in [0.15, 0.2) is 5.13 Å². The molecule has 5 heteroatoms. The average Bonchev–Trinajstić information content (AvgIpc) is 2.90. The lowest BCUT2D eigenvalue weighted by Gasteiger charge is -2.24. The molecule has 0 aliphatic rings. The van der Waals surface area contributed by atoms with Crippen molar-refractivity contribution in [3.05, 3.63) is 36.4 Å². The molecule has 118 valence electrons. The smallest absolute Gasteiger partial charge is 0.242 e. The highest BCUT2D eigenvalue weighted by atomic mass is 32.1. The van der Waals surface area contributed by atoms with E-state index in [1.54, 1.807) is 16.2 Å². The Morgan fingerprint density at radius 2 is 1.95 bits per heavy atom. The van der Waals surface area contributed by atoms with Crippen LogP contribution in [0.1, 0.15) is 20.8 Å². The van der Waals surface area contributed by atoms with Crippen LogP contribution in [-0.2, 0) is 4.79 Å². The van der Waals surface area contributed by atoms with Gasteiger partial charge in [-0.15, -0.1) is 0 Å². The minimum Gasteiger partial charge on any atom is -0.291 e. The Morgan fingerprint density at radius 1 is 1.23 bits per heavy atom. The largest absolute Gasteiger partial charge is 0.291 e. The lowest BCUT2D eigenvalue weighted by molar-refractivity contribution is -0.119. The maximum atomic E-state index is 12.6. The normalized spacial score (nSPS) is 11.1. The molecule has 0 aliphatic heterocycles. The highest BCUT2D eigenvalue weighted by Crippen LogP contribution is 2.28. The Morgan fingerprint density at radius 3 is 2.55 bits per heavy atom. The maximum Gasteiger partial charge on any atom is 0.242 e. The van der Waals surface area contributed by atoms with Crippen molar-refractivity contribution in [2.24, 2.45) is 0 Å². The fourth-order valence-corrected chi connectivity index (χ4v) is 3.38. The van der Waals surface area contributed by atoms with E-state index in [1.807, 2.05) is 38.1 Å². The summed E-state index contributed by atoms with van der Waals surface area (Å²) in [7, 11) is 0. The fourth-order valence-electron chi connectivity index (χ4n) is 2.33. The Balaban J connectivity index is 2.16. The van der Waals surface area contributed by atoms with Gasteiger partial charge in [-0.2, -0.15) is 0 Å². The van der Waals surface area contributed by atoms with E-state index in [9.17, 15) is 4.79 Å². The molecule has 2 rings (SSSR count). The zero-order chi connectivity index (χ0) is 16.1. The quantitative estimate of drug-likeness (QED) is 0.733. The second-order valence-electron chi connectivity index (χ2n) is 5.36. The van der Waals surface area contributed by atoms with Gasteiger partial charge in [-0.3, -0.25) is 14.6 Å². The van der Waals surface area contributed by atoms with Gasteiger partial charge < -0.3 is 0 Å². The number of rotatable bonds is 7. The van der Waals surface area contributed by atoms with E-state index in [2.05, 4.69) is 23.4 Å². The van der Waals surface area contributed by atoms with Gasteiger partial charge in [-0.05, 0) is 32.5 Å². The Kier molecular flexibility index (Phi) is 5.69. The molecular weight excluding hydrogens is 294 g/mol. The third-order valence-electron chi connectivity index (χ3n) is 3.43. The van der Waals surface area contributed by atoms with Crippen molar-refractivity contribution in [3.8, 4) is 0 Å². The first-order chi connectivity index (χ1) is 10.5. The van der Waals surface area contributed by atoms with Crippen LogP contribution in [-0.4, -0.2) is 42.0 Å². The summed E-state index contributed by atoms with van der Waals surface area (Å²) in [4.78, 5) is 21.1. The second kappa shape index (κ2) is 7.51. The van der Waals surface area contributed by atoms with Crippen LogP contribution in [0, 0.1) is 0 Å². The van der Waals surface area contributed by atoms with Gasteiger partial charge in [0.25, 0.3) is 0 Å². The highest BCUT2D eigenvalue weighted by molar-refractivity contribution is 7.22. The van der Waals surface area contributed by atoms with Crippen LogP contribution in [0.25, 0.3) is 10.2 Å². The number of carbonyl (C=O) groups excluding carboxylic acids is 1. The number of fused-ring (bicyclic) bond motifs is 1. The second-order valence-corrected chi connectivity index (χ2v) is 6.37. The van der Waals surface area contributed by atoms with Crippen molar-refractivity contribution in [3.63, 3.8) is 0 Å². The minimum atomic E-state index is 0.0876. The number of hydrogen-bond acceptors (Lipinski definition) is 4. The van der Waals surface area contributed by atoms with Crippen LogP contribution in [0.5, 0.6) is 0 Å². The zero-order valence-corrected chi connectivity index (χ0v) is 14.3. The van der Waals surface area contributed by atoms with Crippen LogP contribution in [0.4, 0.5) is 5.13 Å². The number of carbonyl (C=O) groups is 1. The van der Waals surface area contributed by atoms with E-state index in [0.717, 1.165) is 34.0 Å². The average molecular weight is 317 g/mol. The van der Waals surface area contributed by atoms with E-state index in [1.165, 1.54) is 0 Å². The molecule has 4 nitrogen and oxygen atoms in total.